The molecule has 0 nitrogen and oxygen atoms in total. The molecule has 0 unspecified atom stereocenters. The average molecular weight is 393 g/mol. The van der Waals surface area contributed by atoms with Gasteiger partial charge in [0, 0.05) is 0 Å². The molecule has 3 saturated carbocycles. The molecule has 0 atom stereocenters. The third-order valence-corrected chi connectivity index (χ3v) is 9.17. The lowest BCUT2D eigenvalue weighted by atomic mass is 9.64. The SMILES string of the molecule is CCCCCCCC1CCC(C2CCC(C3CCC(CCF)CC3)CC2)CC1. The lowest BCUT2D eigenvalue weighted by Crippen LogP contribution is -2.29. The number of hydrogen-bond acceptors (Lipinski definition) is 0. The van der Waals surface area contributed by atoms with Crippen LogP contribution in [-0.4, -0.2) is 6.67 Å². The van der Waals surface area contributed by atoms with Crippen molar-refractivity contribution in [1.82, 2.24) is 0 Å². The number of hydrogen-bond donors (Lipinski definition) is 0. The van der Waals surface area contributed by atoms with Gasteiger partial charge in [-0.3, -0.25) is 4.39 Å². The zero-order valence-electron chi connectivity index (χ0n) is 19.0. The van der Waals surface area contributed by atoms with Crippen molar-refractivity contribution in [2.24, 2.45) is 35.5 Å². The van der Waals surface area contributed by atoms with Crippen LogP contribution in [0.5, 0.6) is 0 Å². The molecule has 0 amide bonds. The lowest BCUT2D eigenvalue weighted by molar-refractivity contribution is 0.101. The third-order valence-electron chi connectivity index (χ3n) is 9.17. The van der Waals surface area contributed by atoms with E-state index in [1.54, 1.807) is 12.8 Å². The molecule has 164 valence electrons. The van der Waals surface area contributed by atoms with E-state index < -0.39 is 0 Å². The lowest BCUT2D eigenvalue weighted by Gasteiger charge is -2.41. The Labute approximate surface area is 175 Å². The molecule has 0 bridgehead atoms. The first-order valence-corrected chi connectivity index (χ1v) is 13.4. The maximum absolute atomic E-state index is 12.6. The van der Waals surface area contributed by atoms with E-state index in [0.717, 1.165) is 36.0 Å². The Hall–Kier alpha value is -0.0700. The molecular formula is C27H49F. The molecule has 28 heavy (non-hydrogen) atoms. The van der Waals surface area contributed by atoms with Gasteiger partial charge in [-0.1, -0.05) is 71.1 Å². The molecule has 0 heterocycles. The van der Waals surface area contributed by atoms with Crippen LogP contribution in [0.2, 0.25) is 0 Å². The van der Waals surface area contributed by atoms with Gasteiger partial charge in [0.25, 0.3) is 0 Å². The van der Waals surface area contributed by atoms with Gasteiger partial charge in [-0.2, -0.15) is 0 Å². The zero-order valence-corrected chi connectivity index (χ0v) is 19.0. The molecule has 0 radical (unpaired) electrons. The van der Waals surface area contributed by atoms with Crippen LogP contribution >= 0.6 is 0 Å². The predicted molar refractivity (Wildman–Crippen MR) is 120 cm³/mol. The van der Waals surface area contributed by atoms with Crippen molar-refractivity contribution >= 4 is 0 Å². The fourth-order valence-electron chi connectivity index (χ4n) is 7.18. The quantitative estimate of drug-likeness (QED) is 0.325. The number of halogens is 1. The summed E-state index contributed by atoms with van der Waals surface area (Å²) in [5.74, 6) is 5.90. The van der Waals surface area contributed by atoms with Gasteiger partial charge < -0.3 is 0 Å². The summed E-state index contributed by atoms with van der Waals surface area (Å²) in [4.78, 5) is 0. The number of rotatable bonds is 10. The van der Waals surface area contributed by atoms with E-state index in [9.17, 15) is 4.39 Å². The average Bonchev–Trinajstić information content (AvgIpc) is 2.75. The maximum atomic E-state index is 12.6. The van der Waals surface area contributed by atoms with Gasteiger partial charge in [0.1, 0.15) is 0 Å². The second-order valence-corrected chi connectivity index (χ2v) is 10.9. The first-order chi connectivity index (χ1) is 13.8. The Morgan fingerprint density at radius 1 is 0.500 bits per heavy atom. The monoisotopic (exact) mass is 392 g/mol. The van der Waals surface area contributed by atoms with E-state index in [4.69, 9.17) is 0 Å². The first-order valence-electron chi connectivity index (χ1n) is 13.4. The minimum atomic E-state index is -0.0957. The van der Waals surface area contributed by atoms with E-state index in [1.807, 2.05) is 0 Å². The highest BCUT2D eigenvalue weighted by atomic mass is 19.1. The molecule has 0 saturated heterocycles. The fourth-order valence-corrected chi connectivity index (χ4v) is 7.18. The highest BCUT2D eigenvalue weighted by Crippen LogP contribution is 2.46. The Bertz CT molecular complexity index is 381. The summed E-state index contributed by atoms with van der Waals surface area (Å²) < 4.78 is 12.6. The highest BCUT2D eigenvalue weighted by Gasteiger charge is 2.34. The van der Waals surface area contributed by atoms with Crippen LogP contribution in [0.1, 0.15) is 129 Å². The molecule has 3 rings (SSSR count). The second-order valence-electron chi connectivity index (χ2n) is 10.9. The molecule has 0 aromatic heterocycles. The van der Waals surface area contributed by atoms with E-state index in [1.165, 1.54) is 103 Å². The minimum absolute atomic E-state index is 0.0957. The number of unbranched alkanes of at least 4 members (excludes halogenated alkanes) is 4. The van der Waals surface area contributed by atoms with E-state index in [2.05, 4.69) is 6.92 Å². The van der Waals surface area contributed by atoms with Crippen molar-refractivity contribution < 1.29 is 4.39 Å². The van der Waals surface area contributed by atoms with E-state index in [-0.39, 0.29) is 6.67 Å². The van der Waals surface area contributed by atoms with Crippen molar-refractivity contribution in [3.8, 4) is 0 Å². The van der Waals surface area contributed by atoms with Gasteiger partial charge in [-0.25, -0.2) is 0 Å². The molecular weight excluding hydrogens is 343 g/mol. The van der Waals surface area contributed by atoms with Gasteiger partial charge in [-0.15, -0.1) is 0 Å². The maximum Gasteiger partial charge on any atom is 0.0897 e. The summed E-state index contributed by atoms with van der Waals surface area (Å²) in [5, 5.41) is 0. The van der Waals surface area contributed by atoms with E-state index >= 15 is 0 Å². The largest absolute Gasteiger partial charge is 0.251 e. The van der Waals surface area contributed by atoms with Gasteiger partial charge in [0.15, 0.2) is 0 Å². The molecule has 0 aromatic carbocycles. The van der Waals surface area contributed by atoms with Crippen LogP contribution in [-0.2, 0) is 0 Å². The summed E-state index contributed by atoms with van der Waals surface area (Å²) in [7, 11) is 0. The highest BCUT2D eigenvalue weighted by molar-refractivity contribution is 4.85. The van der Waals surface area contributed by atoms with Crippen LogP contribution in [0, 0.1) is 35.5 Å². The van der Waals surface area contributed by atoms with Crippen molar-refractivity contribution in [1.29, 1.82) is 0 Å². The fraction of sp³-hybridized carbons (Fsp3) is 1.00. The molecule has 3 aliphatic rings. The summed E-state index contributed by atoms with van der Waals surface area (Å²) in [5.41, 5.74) is 0. The standard InChI is InChI=1S/C27H49F/c1-2-3-4-5-6-7-22-8-12-24(13-9-22)26-16-18-27(19-17-26)25-14-10-23(11-15-25)20-21-28/h22-27H,2-21H2,1H3. The van der Waals surface area contributed by atoms with Gasteiger partial charge in [0.05, 0.1) is 6.67 Å². The van der Waals surface area contributed by atoms with Crippen molar-refractivity contribution in [3.63, 3.8) is 0 Å². The number of alkyl halides is 1. The second kappa shape index (κ2) is 12.6. The summed E-state index contributed by atoms with van der Waals surface area (Å²) in [6.45, 7) is 2.22. The van der Waals surface area contributed by atoms with Gasteiger partial charge >= 0.3 is 0 Å². The van der Waals surface area contributed by atoms with Crippen molar-refractivity contribution in [2.75, 3.05) is 6.67 Å². The molecule has 3 aliphatic carbocycles. The zero-order chi connectivity index (χ0) is 19.6. The van der Waals surface area contributed by atoms with Crippen LogP contribution in [0.15, 0.2) is 0 Å². The van der Waals surface area contributed by atoms with Crippen molar-refractivity contribution in [2.45, 2.75) is 129 Å². The summed E-state index contributed by atoms with van der Waals surface area (Å²) in [6.07, 6.45) is 27.3. The van der Waals surface area contributed by atoms with Gasteiger partial charge in [0.2, 0.25) is 0 Å². The molecule has 0 aliphatic heterocycles. The Morgan fingerprint density at radius 2 is 0.893 bits per heavy atom. The summed E-state index contributed by atoms with van der Waals surface area (Å²) >= 11 is 0. The topological polar surface area (TPSA) is 0 Å². The normalized spacial score (nSPS) is 37.1. The summed E-state index contributed by atoms with van der Waals surface area (Å²) in [6, 6.07) is 0. The Kier molecular flexibility index (Phi) is 10.2. The molecule has 0 aromatic rings. The molecule has 0 spiro atoms. The Balaban J connectivity index is 1.28. The van der Waals surface area contributed by atoms with Crippen LogP contribution in [0.3, 0.4) is 0 Å². The predicted octanol–water partition coefficient (Wildman–Crippen LogP) is 9.13. The minimum Gasteiger partial charge on any atom is -0.251 e. The first kappa shape index (κ1) is 22.6. The van der Waals surface area contributed by atoms with Gasteiger partial charge in [-0.05, 0) is 93.3 Å². The molecule has 1 heteroatoms. The Morgan fingerprint density at radius 3 is 1.32 bits per heavy atom. The van der Waals surface area contributed by atoms with Crippen molar-refractivity contribution in [3.05, 3.63) is 0 Å². The van der Waals surface area contributed by atoms with Crippen LogP contribution in [0.4, 0.5) is 4.39 Å². The van der Waals surface area contributed by atoms with Crippen LogP contribution < -0.4 is 0 Å². The van der Waals surface area contributed by atoms with Crippen LogP contribution in [0.25, 0.3) is 0 Å². The molecule has 3 fully saturated rings. The third kappa shape index (κ3) is 7.02. The smallest absolute Gasteiger partial charge is 0.0897 e. The van der Waals surface area contributed by atoms with E-state index in [0.29, 0.717) is 5.92 Å². The molecule has 0 N–H and O–H groups in total.